The summed E-state index contributed by atoms with van der Waals surface area (Å²) in [5.41, 5.74) is 2.47. The van der Waals surface area contributed by atoms with E-state index in [0.29, 0.717) is 12.5 Å². The lowest BCUT2D eigenvalue weighted by Crippen LogP contribution is -2.21. The molecule has 14 heavy (non-hydrogen) atoms. The maximum absolute atomic E-state index is 9.06. The van der Waals surface area contributed by atoms with Gasteiger partial charge in [-0.2, -0.15) is 0 Å². The monoisotopic (exact) mass is 192 g/mol. The second-order valence-corrected chi connectivity index (χ2v) is 3.95. The molecule has 1 aliphatic heterocycles. The number of rotatable bonds is 2. The number of aromatic nitrogens is 1. The molecule has 1 aromatic heterocycles. The van der Waals surface area contributed by atoms with Crippen LogP contribution < -0.4 is 4.90 Å². The van der Waals surface area contributed by atoms with Gasteiger partial charge in [0, 0.05) is 43.7 Å². The number of hydrogen-bond acceptors (Lipinski definition) is 3. The lowest BCUT2D eigenvalue weighted by atomic mass is 10.1. The van der Waals surface area contributed by atoms with Crippen molar-refractivity contribution in [1.29, 1.82) is 0 Å². The fourth-order valence-electron chi connectivity index (χ4n) is 2.02. The molecule has 0 radical (unpaired) electrons. The van der Waals surface area contributed by atoms with Crippen LogP contribution in [0, 0.1) is 12.8 Å². The molecule has 3 heteroatoms. The molecular formula is C11H16N2O. The molecule has 1 fully saturated rings. The van der Waals surface area contributed by atoms with Crippen LogP contribution in [0.15, 0.2) is 18.5 Å². The number of aryl methyl sites for hydroxylation is 1. The molecule has 1 atom stereocenters. The molecule has 0 spiro atoms. The van der Waals surface area contributed by atoms with Crippen LogP contribution in [0.4, 0.5) is 5.69 Å². The number of pyridine rings is 1. The van der Waals surface area contributed by atoms with Crippen molar-refractivity contribution in [1.82, 2.24) is 4.98 Å². The van der Waals surface area contributed by atoms with Gasteiger partial charge in [0.25, 0.3) is 0 Å². The molecule has 1 aromatic rings. The van der Waals surface area contributed by atoms with Crippen molar-refractivity contribution in [2.45, 2.75) is 13.3 Å². The summed E-state index contributed by atoms with van der Waals surface area (Å²) in [6, 6.07) is 2.05. The van der Waals surface area contributed by atoms with E-state index in [1.165, 1.54) is 11.3 Å². The Morgan fingerprint density at radius 3 is 3.14 bits per heavy atom. The number of aliphatic hydroxyl groups excluding tert-OH is 1. The van der Waals surface area contributed by atoms with Crippen LogP contribution in [0.25, 0.3) is 0 Å². The third kappa shape index (κ3) is 1.73. The summed E-state index contributed by atoms with van der Waals surface area (Å²) in [7, 11) is 0. The van der Waals surface area contributed by atoms with Crippen LogP contribution >= 0.6 is 0 Å². The highest BCUT2D eigenvalue weighted by atomic mass is 16.3. The van der Waals surface area contributed by atoms with E-state index in [4.69, 9.17) is 5.11 Å². The molecule has 1 unspecified atom stereocenters. The van der Waals surface area contributed by atoms with E-state index in [9.17, 15) is 0 Å². The van der Waals surface area contributed by atoms with Gasteiger partial charge in [-0.3, -0.25) is 4.98 Å². The average Bonchev–Trinajstić information content (AvgIpc) is 2.67. The number of nitrogens with zero attached hydrogens (tertiary/aromatic N) is 2. The van der Waals surface area contributed by atoms with Crippen LogP contribution in [0.5, 0.6) is 0 Å². The molecule has 76 valence electrons. The van der Waals surface area contributed by atoms with Gasteiger partial charge in [-0.15, -0.1) is 0 Å². The molecule has 2 heterocycles. The third-order valence-electron chi connectivity index (χ3n) is 2.88. The van der Waals surface area contributed by atoms with Gasteiger partial charge < -0.3 is 10.0 Å². The summed E-state index contributed by atoms with van der Waals surface area (Å²) in [5, 5.41) is 9.06. The lowest BCUT2D eigenvalue weighted by molar-refractivity contribution is 0.238. The molecular weight excluding hydrogens is 176 g/mol. The largest absolute Gasteiger partial charge is 0.396 e. The van der Waals surface area contributed by atoms with Crippen molar-refractivity contribution >= 4 is 5.69 Å². The standard InChI is InChI=1S/C11H16N2O/c1-9-6-12-4-2-11(9)13-5-3-10(7-13)8-14/h2,4,6,10,14H,3,5,7-8H2,1H3. The molecule has 0 bridgehead atoms. The Kier molecular flexibility index (Phi) is 2.68. The second-order valence-electron chi connectivity index (χ2n) is 3.95. The molecule has 1 N–H and O–H groups in total. The van der Waals surface area contributed by atoms with E-state index in [1.54, 1.807) is 0 Å². The summed E-state index contributed by atoms with van der Waals surface area (Å²) in [6.45, 7) is 4.41. The highest BCUT2D eigenvalue weighted by molar-refractivity contribution is 5.52. The van der Waals surface area contributed by atoms with Crippen LogP contribution in [0.3, 0.4) is 0 Å². The second kappa shape index (κ2) is 3.96. The van der Waals surface area contributed by atoms with Crippen molar-refractivity contribution in [3.8, 4) is 0 Å². The lowest BCUT2D eigenvalue weighted by Gasteiger charge is -2.20. The maximum Gasteiger partial charge on any atom is 0.0476 e. The van der Waals surface area contributed by atoms with Gasteiger partial charge in [-0.25, -0.2) is 0 Å². The Labute approximate surface area is 84.4 Å². The molecule has 0 aromatic carbocycles. The van der Waals surface area contributed by atoms with Gasteiger partial charge in [-0.05, 0) is 25.0 Å². The van der Waals surface area contributed by atoms with Crippen LogP contribution in [0.2, 0.25) is 0 Å². The first-order valence-electron chi connectivity index (χ1n) is 5.07. The average molecular weight is 192 g/mol. The summed E-state index contributed by atoms with van der Waals surface area (Å²) >= 11 is 0. The van der Waals surface area contributed by atoms with Crippen molar-refractivity contribution in [3.63, 3.8) is 0 Å². The minimum Gasteiger partial charge on any atom is -0.396 e. The molecule has 0 saturated carbocycles. The van der Waals surface area contributed by atoms with Crippen LogP contribution in [-0.2, 0) is 0 Å². The molecule has 0 aliphatic carbocycles. The van der Waals surface area contributed by atoms with Gasteiger partial charge in [0.15, 0.2) is 0 Å². The van der Waals surface area contributed by atoms with E-state index >= 15 is 0 Å². The fourth-order valence-corrected chi connectivity index (χ4v) is 2.02. The van der Waals surface area contributed by atoms with Crippen molar-refractivity contribution in [2.24, 2.45) is 5.92 Å². The maximum atomic E-state index is 9.06. The number of anilines is 1. The zero-order valence-corrected chi connectivity index (χ0v) is 8.48. The predicted molar refractivity (Wildman–Crippen MR) is 56.4 cm³/mol. The Morgan fingerprint density at radius 1 is 1.64 bits per heavy atom. The Bertz CT molecular complexity index is 314. The zero-order chi connectivity index (χ0) is 9.97. The first-order valence-corrected chi connectivity index (χ1v) is 5.07. The smallest absolute Gasteiger partial charge is 0.0476 e. The van der Waals surface area contributed by atoms with E-state index < -0.39 is 0 Å². The fraction of sp³-hybridized carbons (Fsp3) is 0.545. The quantitative estimate of drug-likeness (QED) is 0.765. The normalized spacial score (nSPS) is 21.6. The minimum absolute atomic E-state index is 0.306. The van der Waals surface area contributed by atoms with Gasteiger partial charge in [-0.1, -0.05) is 0 Å². The first kappa shape index (κ1) is 9.46. The predicted octanol–water partition coefficient (Wildman–Crippen LogP) is 1.21. The Morgan fingerprint density at radius 2 is 2.50 bits per heavy atom. The summed E-state index contributed by atoms with van der Waals surface area (Å²) in [4.78, 5) is 6.41. The van der Waals surface area contributed by atoms with E-state index in [1.807, 2.05) is 12.4 Å². The summed E-state index contributed by atoms with van der Waals surface area (Å²) in [6.07, 6.45) is 4.81. The number of aliphatic hydroxyl groups is 1. The molecule has 1 aliphatic rings. The van der Waals surface area contributed by atoms with Gasteiger partial charge in [0.05, 0.1) is 0 Å². The van der Waals surface area contributed by atoms with Crippen molar-refractivity contribution < 1.29 is 5.11 Å². The van der Waals surface area contributed by atoms with Crippen LogP contribution in [0.1, 0.15) is 12.0 Å². The third-order valence-corrected chi connectivity index (χ3v) is 2.88. The van der Waals surface area contributed by atoms with E-state index in [-0.39, 0.29) is 0 Å². The number of hydrogen-bond donors (Lipinski definition) is 1. The van der Waals surface area contributed by atoms with E-state index in [0.717, 1.165) is 19.5 Å². The van der Waals surface area contributed by atoms with Crippen molar-refractivity contribution in [2.75, 3.05) is 24.6 Å². The van der Waals surface area contributed by atoms with Crippen LogP contribution in [-0.4, -0.2) is 29.8 Å². The van der Waals surface area contributed by atoms with Gasteiger partial charge in [0.1, 0.15) is 0 Å². The van der Waals surface area contributed by atoms with E-state index in [2.05, 4.69) is 22.9 Å². The topological polar surface area (TPSA) is 36.4 Å². The molecule has 3 nitrogen and oxygen atoms in total. The zero-order valence-electron chi connectivity index (χ0n) is 8.48. The highest BCUT2D eigenvalue weighted by Crippen LogP contribution is 2.25. The highest BCUT2D eigenvalue weighted by Gasteiger charge is 2.22. The SMILES string of the molecule is Cc1cnccc1N1CCC(CO)C1. The summed E-state index contributed by atoms with van der Waals surface area (Å²) < 4.78 is 0. The molecule has 2 rings (SSSR count). The molecule has 0 amide bonds. The minimum atomic E-state index is 0.306. The van der Waals surface area contributed by atoms with Gasteiger partial charge in [0.2, 0.25) is 0 Å². The Balaban J connectivity index is 2.13. The van der Waals surface area contributed by atoms with Crippen molar-refractivity contribution in [3.05, 3.63) is 24.0 Å². The Hall–Kier alpha value is -1.09. The molecule has 1 saturated heterocycles. The summed E-state index contributed by atoms with van der Waals surface area (Å²) in [5.74, 6) is 0.447. The van der Waals surface area contributed by atoms with Gasteiger partial charge >= 0.3 is 0 Å². The first-order chi connectivity index (χ1) is 6.81.